The van der Waals surface area contributed by atoms with Crippen LogP contribution in [-0.2, 0) is 6.54 Å². The van der Waals surface area contributed by atoms with E-state index in [1.54, 1.807) is 6.07 Å². The van der Waals surface area contributed by atoms with Crippen molar-refractivity contribution < 1.29 is 14.5 Å². The Labute approximate surface area is 107 Å². The van der Waals surface area contributed by atoms with Gasteiger partial charge in [0, 0.05) is 6.07 Å². The van der Waals surface area contributed by atoms with Gasteiger partial charge in [0.25, 0.3) is 0 Å². The molecule has 0 bridgehead atoms. The number of ether oxygens (including phenoxy) is 1. The zero-order valence-corrected chi connectivity index (χ0v) is 10.0. The Balaban J connectivity index is 2.28. The predicted octanol–water partition coefficient (Wildman–Crippen LogP) is 1.06. The van der Waals surface area contributed by atoms with Crippen molar-refractivity contribution in [3.05, 3.63) is 45.8 Å². The Hall–Kier alpha value is -2.77. The molecule has 98 valence electrons. The molecular formula is C11H10N4O4. The van der Waals surface area contributed by atoms with E-state index in [9.17, 15) is 14.9 Å². The van der Waals surface area contributed by atoms with Gasteiger partial charge in [-0.1, -0.05) is 11.3 Å². The molecule has 0 aliphatic heterocycles. The molecule has 1 aromatic carbocycles. The van der Waals surface area contributed by atoms with Gasteiger partial charge < -0.3 is 4.74 Å². The lowest BCUT2D eigenvalue weighted by Crippen LogP contribution is -2.02. The number of nitro benzene ring substituents is 1. The summed E-state index contributed by atoms with van der Waals surface area (Å²) in [5, 5.41) is 18.2. The van der Waals surface area contributed by atoms with Crippen LogP contribution in [-0.4, -0.2) is 33.3 Å². The third-order valence-corrected chi connectivity index (χ3v) is 2.46. The van der Waals surface area contributed by atoms with Crippen LogP contribution < -0.4 is 4.74 Å². The van der Waals surface area contributed by atoms with Crippen LogP contribution in [0.5, 0.6) is 5.75 Å². The number of rotatable bonds is 5. The predicted molar refractivity (Wildman–Crippen MR) is 64.2 cm³/mol. The van der Waals surface area contributed by atoms with Crippen molar-refractivity contribution >= 4 is 12.0 Å². The third-order valence-electron chi connectivity index (χ3n) is 2.46. The van der Waals surface area contributed by atoms with E-state index in [4.69, 9.17) is 4.74 Å². The first-order valence-electron chi connectivity index (χ1n) is 5.30. The van der Waals surface area contributed by atoms with Gasteiger partial charge in [0.05, 0.1) is 24.8 Å². The first kappa shape index (κ1) is 12.7. The molecule has 0 saturated heterocycles. The quantitative estimate of drug-likeness (QED) is 0.453. The molecule has 0 aliphatic rings. The molecule has 2 rings (SSSR count). The standard InChI is InChI=1S/C11H10N4O4/c1-19-11-3-2-8(4-10(11)15(17)18)5-14-6-9(7-16)12-13-14/h2-4,6-7H,5H2,1H3. The zero-order chi connectivity index (χ0) is 13.8. The van der Waals surface area contributed by atoms with Crippen molar-refractivity contribution in [3.63, 3.8) is 0 Å². The number of carbonyl (C=O) groups is 1. The normalized spacial score (nSPS) is 10.2. The van der Waals surface area contributed by atoms with Crippen molar-refractivity contribution in [2.75, 3.05) is 7.11 Å². The number of nitrogens with zero attached hydrogens (tertiary/aromatic N) is 4. The number of aromatic nitrogens is 3. The summed E-state index contributed by atoms with van der Waals surface area (Å²) in [6.45, 7) is 0.283. The lowest BCUT2D eigenvalue weighted by Gasteiger charge is -2.04. The van der Waals surface area contributed by atoms with Gasteiger partial charge in [0.1, 0.15) is 5.69 Å². The molecule has 0 unspecified atom stereocenters. The highest BCUT2D eigenvalue weighted by Gasteiger charge is 2.15. The number of benzene rings is 1. The highest BCUT2D eigenvalue weighted by molar-refractivity contribution is 5.70. The van der Waals surface area contributed by atoms with Gasteiger partial charge in [-0.05, 0) is 11.6 Å². The highest BCUT2D eigenvalue weighted by atomic mass is 16.6. The minimum atomic E-state index is -0.513. The maximum absolute atomic E-state index is 10.9. The van der Waals surface area contributed by atoms with Gasteiger partial charge in [-0.2, -0.15) is 0 Å². The van der Waals surface area contributed by atoms with E-state index in [1.807, 2.05) is 0 Å². The molecule has 0 fully saturated rings. The number of hydrogen-bond acceptors (Lipinski definition) is 6. The fourth-order valence-corrected chi connectivity index (χ4v) is 1.61. The summed E-state index contributed by atoms with van der Waals surface area (Å²) in [7, 11) is 1.37. The van der Waals surface area contributed by atoms with Crippen LogP contribution in [0, 0.1) is 10.1 Å². The largest absolute Gasteiger partial charge is 0.490 e. The van der Waals surface area contributed by atoms with Crippen molar-refractivity contribution in [3.8, 4) is 5.75 Å². The smallest absolute Gasteiger partial charge is 0.311 e. The Morgan fingerprint density at radius 3 is 2.89 bits per heavy atom. The van der Waals surface area contributed by atoms with E-state index < -0.39 is 4.92 Å². The van der Waals surface area contributed by atoms with Gasteiger partial charge >= 0.3 is 5.69 Å². The van der Waals surface area contributed by atoms with Crippen molar-refractivity contribution in [2.24, 2.45) is 0 Å². The minimum absolute atomic E-state index is 0.115. The first-order chi connectivity index (χ1) is 9.13. The van der Waals surface area contributed by atoms with Crippen molar-refractivity contribution in [1.29, 1.82) is 0 Å². The van der Waals surface area contributed by atoms with E-state index in [0.717, 1.165) is 0 Å². The Morgan fingerprint density at radius 1 is 1.53 bits per heavy atom. The molecular weight excluding hydrogens is 252 g/mol. The second-order valence-electron chi connectivity index (χ2n) is 3.72. The van der Waals surface area contributed by atoms with Crippen LogP contribution in [0.4, 0.5) is 5.69 Å². The van der Waals surface area contributed by atoms with E-state index in [0.29, 0.717) is 11.8 Å². The van der Waals surface area contributed by atoms with E-state index in [-0.39, 0.29) is 23.7 Å². The lowest BCUT2D eigenvalue weighted by atomic mass is 10.2. The van der Waals surface area contributed by atoms with E-state index in [2.05, 4.69) is 10.3 Å². The minimum Gasteiger partial charge on any atom is -0.490 e. The average Bonchev–Trinajstić information content (AvgIpc) is 2.86. The molecule has 0 aliphatic carbocycles. The van der Waals surface area contributed by atoms with Crippen LogP contribution in [0.15, 0.2) is 24.4 Å². The molecule has 2 aromatic rings. The molecule has 1 aromatic heterocycles. The highest BCUT2D eigenvalue weighted by Crippen LogP contribution is 2.27. The summed E-state index contributed by atoms with van der Waals surface area (Å²) in [5.41, 5.74) is 0.758. The maximum atomic E-state index is 10.9. The summed E-state index contributed by atoms with van der Waals surface area (Å²) in [6.07, 6.45) is 2.04. The SMILES string of the molecule is COc1ccc(Cn2cc(C=O)nn2)cc1[N+](=O)[O-]. The van der Waals surface area contributed by atoms with Crippen LogP contribution in [0.2, 0.25) is 0 Å². The third kappa shape index (κ3) is 2.73. The van der Waals surface area contributed by atoms with E-state index >= 15 is 0 Å². The molecule has 0 amide bonds. The number of aldehydes is 1. The number of nitro groups is 1. The Kier molecular flexibility index (Phi) is 3.51. The number of carbonyl (C=O) groups excluding carboxylic acids is 1. The fourth-order valence-electron chi connectivity index (χ4n) is 1.61. The van der Waals surface area contributed by atoms with Gasteiger partial charge in [0.15, 0.2) is 12.0 Å². The lowest BCUT2D eigenvalue weighted by molar-refractivity contribution is -0.385. The molecule has 0 radical (unpaired) electrons. The molecule has 0 atom stereocenters. The molecule has 0 saturated carbocycles. The molecule has 8 heteroatoms. The van der Waals surface area contributed by atoms with Crippen LogP contribution in [0.1, 0.15) is 16.1 Å². The summed E-state index contributed by atoms with van der Waals surface area (Å²) < 4.78 is 6.34. The number of methoxy groups -OCH3 is 1. The molecule has 0 N–H and O–H groups in total. The molecule has 1 heterocycles. The van der Waals surface area contributed by atoms with Gasteiger partial charge in [-0.15, -0.1) is 5.10 Å². The first-order valence-corrected chi connectivity index (χ1v) is 5.30. The van der Waals surface area contributed by atoms with Crippen molar-refractivity contribution in [1.82, 2.24) is 15.0 Å². The van der Waals surface area contributed by atoms with Gasteiger partial charge in [0.2, 0.25) is 0 Å². The summed E-state index contributed by atoms with van der Waals surface area (Å²) in [6, 6.07) is 4.61. The van der Waals surface area contributed by atoms with Gasteiger partial charge in [-0.3, -0.25) is 14.9 Å². The van der Waals surface area contributed by atoms with Gasteiger partial charge in [-0.25, -0.2) is 4.68 Å². The van der Waals surface area contributed by atoms with Crippen LogP contribution >= 0.6 is 0 Å². The second-order valence-corrected chi connectivity index (χ2v) is 3.72. The van der Waals surface area contributed by atoms with Crippen LogP contribution in [0.25, 0.3) is 0 Å². The fraction of sp³-hybridized carbons (Fsp3) is 0.182. The van der Waals surface area contributed by atoms with E-state index in [1.165, 1.54) is 30.1 Å². The van der Waals surface area contributed by atoms with Crippen molar-refractivity contribution in [2.45, 2.75) is 6.54 Å². The Bertz CT molecular complexity index is 623. The van der Waals surface area contributed by atoms with Crippen LogP contribution in [0.3, 0.4) is 0 Å². The summed E-state index contributed by atoms with van der Waals surface area (Å²) >= 11 is 0. The average molecular weight is 262 g/mol. The Morgan fingerprint density at radius 2 is 2.32 bits per heavy atom. The second kappa shape index (κ2) is 5.25. The number of hydrogen-bond donors (Lipinski definition) is 0. The molecule has 8 nitrogen and oxygen atoms in total. The molecule has 0 spiro atoms. The summed E-state index contributed by atoms with van der Waals surface area (Å²) in [5.74, 6) is 0.195. The monoisotopic (exact) mass is 262 g/mol. The topological polar surface area (TPSA) is 100 Å². The maximum Gasteiger partial charge on any atom is 0.311 e. The molecule has 19 heavy (non-hydrogen) atoms. The zero-order valence-electron chi connectivity index (χ0n) is 10.0. The summed E-state index contributed by atoms with van der Waals surface area (Å²) in [4.78, 5) is 20.8.